The van der Waals surface area contributed by atoms with E-state index in [9.17, 15) is 4.79 Å². The quantitative estimate of drug-likeness (QED) is 0.508. The molecule has 0 saturated heterocycles. The summed E-state index contributed by atoms with van der Waals surface area (Å²) in [7, 11) is 0. The summed E-state index contributed by atoms with van der Waals surface area (Å²) < 4.78 is 1.45. The van der Waals surface area contributed by atoms with Gasteiger partial charge in [-0.3, -0.25) is 4.79 Å². The third-order valence-corrected chi connectivity index (χ3v) is 5.67. The Balaban J connectivity index is 1.61. The highest BCUT2D eigenvalue weighted by Crippen LogP contribution is 2.36. The fourth-order valence-corrected chi connectivity index (χ4v) is 3.73. The molecule has 0 aliphatic heterocycles. The second kappa shape index (κ2) is 7.44. The normalized spacial score (nSPS) is 14.7. The molecule has 27 heavy (non-hydrogen) atoms. The van der Waals surface area contributed by atoms with Crippen molar-refractivity contribution in [1.29, 1.82) is 0 Å². The van der Waals surface area contributed by atoms with Gasteiger partial charge in [0.1, 0.15) is 5.25 Å². The zero-order valence-corrected chi connectivity index (χ0v) is 15.8. The van der Waals surface area contributed by atoms with Gasteiger partial charge in [0.25, 0.3) is 0 Å². The summed E-state index contributed by atoms with van der Waals surface area (Å²) in [6.07, 6.45) is 2.09. The van der Waals surface area contributed by atoms with Gasteiger partial charge in [0, 0.05) is 11.6 Å². The molecule has 0 spiro atoms. The van der Waals surface area contributed by atoms with E-state index in [0.29, 0.717) is 17.0 Å². The van der Waals surface area contributed by atoms with Crippen molar-refractivity contribution in [2.45, 2.75) is 36.2 Å². The van der Waals surface area contributed by atoms with Crippen LogP contribution in [-0.4, -0.2) is 26.8 Å². The topological polar surface area (TPSA) is 85.8 Å². The molecule has 1 aromatic heterocycles. The summed E-state index contributed by atoms with van der Waals surface area (Å²) in [5, 5.41) is 11.6. The summed E-state index contributed by atoms with van der Waals surface area (Å²) >= 11 is 1.32. The van der Waals surface area contributed by atoms with Crippen molar-refractivity contribution >= 4 is 17.7 Å². The highest BCUT2D eigenvalue weighted by Gasteiger charge is 2.30. The first kappa shape index (κ1) is 17.6. The molecule has 0 radical (unpaired) electrons. The molecule has 6 nitrogen and oxygen atoms in total. The maximum atomic E-state index is 12.8. The first-order chi connectivity index (χ1) is 13.1. The Bertz CT molecular complexity index is 935. The lowest BCUT2D eigenvalue weighted by Gasteiger charge is -2.16. The molecule has 7 heteroatoms. The van der Waals surface area contributed by atoms with Crippen LogP contribution in [0.2, 0.25) is 0 Å². The molecule has 4 rings (SSSR count). The van der Waals surface area contributed by atoms with Crippen molar-refractivity contribution in [3.05, 3.63) is 65.7 Å². The molecule has 1 atom stereocenters. The number of thioether (sulfide) groups is 1. The van der Waals surface area contributed by atoms with Crippen molar-refractivity contribution in [3.8, 4) is 11.4 Å². The van der Waals surface area contributed by atoms with Gasteiger partial charge in [-0.05, 0) is 25.3 Å². The fourth-order valence-electron chi connectivity index (χ4n) is 2.77. The van der Waals surface area contributed by atoms with Crippen LogP contribution in [0.15, 0.2) is 59.8 Å². The minimum Gasteiger partial charge on any atom is -0.352 e. The molecule has 2 aromatic carbocycles. The minimum absolute atomic E-state index is 0.0198. The Hall–Kier alpha value is -2.80. The first-order valence-corrected chi connectivity index (χ1v) is 9.79. The molecule has 1 aliphatic carbocycles. The number of nitrogen functional groups attached to an aromatic ring is 1. The lowest BCUT2D eigenvalue weighted by Crippen LogP contribution is -2.30. The van der Waals surface area contributed by atoms with Gasteiger partial charge >= 0.3 is 0 Å². The summed E-state index contributed by atoms with van der Waals surface area (Å²) in [6, 6.07) is 17.9. The number of nitrogens with one attached hydrogen (secondary N) is 1. The number of aromatic nitrogens is 3. The number of hydrogen-bond acceptors (Lipinski definition) is 5. The van der Waals surface area contributed by atoms with Crippen LogP contribution in [0.4, 0.5) is 0 Å². The Morgan fingerprint density at radius 2 is 1.85 bits per heavy atom. The maximum Gasteiger partial charge on any atom is 0.238 e. The molecule has 1 saturated carbocycles. The van der Waals surface area contributed by atoms with Crippen molar-refractivity contribution in [3.63, 3.8) is 0 Å². The van der Waals surface area contributed by atoms with E-state index in [4.69, 9.17) is 5.84 Å². The number of nitrogens with two attached hydrogens (primary N) is 1. The molecule has 0 unspecified atom stereocenters. The second-order valence-corrected chi connectivity index (χ2v) is 7.81. The van der Waals surface area contributed by atoms with E-state index in [0.717, 1.165) is 29.5 Å². The summed E-state index contributed by atoms with van der Waals surface area (Å²) in [5.74, 6) is 6.81. The van der Waals surface area contributed by atoms with E-state index < -0.39 is 5.25 Å². The predicted molar refractivity (Wildman–Crippen MR) is 107 cm³/mol. The van der Waals surface area contributed by atoms with E-state index in [1.165, 1.54) is 16.4 Å². The van der Waals surface area contributed by atoms with Crippen LogP contribution in [-0.2, 0) is 4.79 Å². The van der Waals surface area contributed by atoms with Crippen LogP contribution in [0.3, 0.4) is 0 Å². The van der Waals surface area contributed by atoms with Crippen LogP contribution in [0.5, 0.6) is 0 Å². The van der Waals surface area contributed by atoms with Crippen molar-refractivity contribution in [2.24, 2.45) is 0 Å². The molecule has 0 bridgehead atoms. The highest BCUT2D eigenvalue weighted by molar-refractivity contribution is 8.00. The molecule has 3 N–H and O–H groups in total. The Morgan fingerprint density at radius 3 is 2.52 bits per heavy atom. The molecule has 1 fully saturated rings. The number of hydrogen-bond donors (Lipinski definition) is 2. The SMILES string of the molecule is Cc1ccc(-c2nnc(S[C@H](C(=O)NC3CC3)c3ccccc3)n2N)cc1. The van der Waals surface area contributed by atoms with Crippen LogP contribution < -0.4 is 11.2 Å². The minimum atomic E-state index is -0.427. The smallest absolute Gasteiger partial charge is 0.238 e. The van der Waals surface area contributed by atoms with E-state index >= 15 is 0 Å². The van der Waals surface area contributed by atoms with Crippen molar-refractivity contribution < 1.29 is 4.79 Å². The van der Waals surface area contributed by atoms with E-state index in [1.54, 1.807) is 0 Å². The summed E-state index contributed by atoms with van der Waals surface area (Å²) in [4.78, 5) is 12.8. The molecule has 1 amide bonds. The van der Waals surface area contributed by atoms with Crippen LogP contribution in [0.25, 0.3) is 11.4 Å². The van der Waals surface area contributed by atoms with Gasteiger partial charge in [-0.15, -0.1) is 10.2 Å². The molecule has 3 aromatic rings. The number of benzene rings is 2. The second-order valence-electron chi connectivity index (χ2n) is 6.73. The number of rotatable bonds is 6. The lowest BCUT2D eigenvalue weighted by molar-refractivity contribution is -0.120. The fraction of sp³-hybridized carbons (Fsp3) is 0.250. The lowest BCUT2D eigenvalue weighted by atomic mass is 10.1. The van der Waals surface area contributed by atoms with Crippen LogP contribution >= 0.6 is 11.8 Å². The van der Waals surface area contributed by atoms with Gasteiger partial charge in [0.2, 0.25) is 11.1 Å². The Labute approximate surface area is 162 Å². The Morgan fingerprint density at radius 1 is 1.15 bits per heavy atom. The molecule has 138 valence electrons. The van der Waals surface area contributed by atoms with Gasteiger partial charge in [-0.2, -0.15) is 0 Å². The number of carbonyl (C=O) groups is 1. The largest absolute Gasteiger partial charge is 0.352 e. The monoisotopic (exact) mass is 379 g/mol. The number of nitrogens with zero attached hydrogens (tertiary/aromatic N) is 3. The van der Waals surface area contributed by atoms with Gasteiger partial charge in [-0.25, -0.2) is 4.68 Å². The third kappa shape index (κ3) is 3.98. The molecular formula is C20H21N5OS. The summed E-state index contributed by atoms with van der Waals surface area (Å²) in [5.41, 5.74) is 2.97. The van der Waals surface area contributed by atoms with Crippen molar-refractivity contribution in [1.82, 2.24) is 20.2 Å². The third-order valence-electron chi connectivity index (χ3n) is 4.46. The van der Waals surface area contributed by atoms with Gasteiger partial charge < -0.3 is 11.2 Å². The predicted octanol–water partition coefficient (Wildman–Crippen LogP) is 3.08. The first-order valence-electron chi connectivity index (χ1n) is 8.91. The van der Waals surface area contributed by atoms with E-state index in [1.807, 2.05) is 61.5 Å². The number of carbonyl (C=O) groups excluding carboxylic acids is 1. The standard InChI is InChI=1S/C20H21N5OS/c1-13-7-9-15(10-8-13)18-23-24-20(25(18)21)27-17(14-5-3-2-4-6-14)19(26)22-16-11-12-16/h2-10,16-17H,11-12,21H2,1H3,(H,22,26)/t17-/m0/s1. The zero-order chi connectivity index (χ0) is 18.8. The number of amides is 1. The van der Waals surface area contributed by atoms with Crippen LogP contribution in [0.1, 0.15) is 29.2 Å². The molecular weight excluding hydrogens is 358 g/mol. The van der Waals surface area contributed by atoms with Crippen LogP contribution in [0, 0.1) is 6.92 Å². The van der Waals surface area contributed by atoms with Crippen molar-refractivity contribution in [2.75, 3.05) is 5.84 Å². The summed E-state index contributed by atoms with van der Waals surface area (Å²) in [6.45, 7) is 2.03. The maximum absolute atomic E-state index is 12.8. The highest BCUT2D eigenvalue weighted by atomic mass is 32.2. The van der Waals surface area contributed by atoms with Gasteiger partial charge in [-0.1, -0.05) is 71.9 Å². The van der Waals surface area contributed by atoms with Gasteiger partial charge in [0.15, 0.2) is 5.82 Å². The number of aryl methyl sites for hydroxylation is 1. The molecule has 1 aliphatic rings. The van der Waals surface area contributed by atoms with E-state index in [2.05, 4.69) is 15.5 Å². The Kier molecular flexibility index (Phi) is 4.85. The average Bonchev–Trinajstić information content (AvgIpc) is 3.42. The molecule has 1 heterocycles. The van der Waals surface area contributed by atoms with E-state index in [-0.39, 0.29) is 5.91 Å². The van der Waals surface area contributed by atoms with Gasteiger partial charge in [0.05, 0.1) is 0 Å². The average molecular weight is 379 g/mol. The zero-order valence-electron chi connectivity index (χ0n) is 15.0.